The highest BCUT2D eigenvalue weighted by Crippen LogP contribution is 2.36. The minimum absolute atomic E-state index is 0.0744. The summed E-state index contributed by atoms with van der Waals surface area (Å²) in [5.41, 5.74) is 1.78. The van der Waals surface area contributed by atoms with Gasteiger partial charge >= 0.3 is 5.92 Å². The number of alkyl halides is 2. The van der Waals surface area contributed by atoms with Gasteiger partial charge in [-0.3, -0.25) is 4.79 Å². The van der Waals surface area contributed by atoms with Crippen LogP contribution in [0.5, 0.6) is 11.5 Å². The Balaban J connectivity index is 1.18. The number of carbonyl (C=O) groups is 1. The van der Waals surface area contributed by atoms with Crippen molar-refractivity contribution in [3.8, 4) is 11.5 Å². The van der Waals surface area contributed by atoms with E-state index in [1.54, 1.807) is 0 Å². The van der Waals surface area contributed by atoms with Crippen molar-refractivity contribution in [2.45, 2.75) is 12.5 Å². The zero-order valence-corrected chi connectivity index (χ0v) is 23.3. The Hall–Kier alpha value is -5.39. The SMILES string of the molecule is Cn1c(C(F)(F)c2nc3cc(OCc4ccccc4)c(F)cc3[nH]2)nc2ccc(C(=O)NCCOc3ccc(F)cc3)cc21. The molecule has 6 rings (SSSR count). The molecule has 0 bridgehead atoms. The van der Waals surface area contributed by atoms with Crippen LogP contribution in [0.25, 0.3) is 22.1 Å². The highest BCUT2D eigenvalue weighted by molar-refractivity contribution is 5.97. The fourth-order valence-corrected chi connectivity index (χ4v) is 4.69. The molecule has 0 aliphatic rings. The molecular weight excluding hydrogens is 578 g/mol. The molecular formula is C32H25F4N5O3. The molecule has 0 unspecified atom stereocenters. The van der Waals surface area contributed by atoms with Gasteiger partial charge in [-0.2, -0.15) is 8.78 Å². The van der Waals surface area contributed by atoms with Crippen LogP contribution in [-0.2, 0) is 19.6 Å². The van der Waals surface area contributed by atoms with Gasteiger partial charge in [0.15, 0.2) is 23.2 Å². The van der Waals surface area contributed by atoms with Crippen LogP contribution < -0.4 is 14.8 Å². The second kappa shape index (κ2) is 11.7. The molecule has 224 valence electrons. The number of hydrogen-bond acceptors (Lipinski definition) is 5. The minimum Gasteiger partial charge on any atom is -0.492 e. The van der Waals surface area contributed by atoms with E-state index in [1.165, 1.54) is 60.1 Å². The molecule has 0 saturated carbocycles. The molecule has 6 aromatic rings. The zero-order valence-electron chi connectivity index (χ0n) is 23.3. The van der Waals surface area contributed by atoms with Crippen LogP contribution in [0.3, 0.4) is 0 Å². The molecule has 0 fully saturated rings. The van der Waals surface area contributed by atoms with Gasteiger partial charge in [0.25, 0.3) is 5.91 Å². The number of H-pyrrole nitrogens is 1. The van der Waals surface area contributed by atoms with Gasteiger partial charge in [0.2, 0.25) is 0 Å². The van der Waals surface area contributed by atoms with E-state index in [0.29, 0.717) is 11.3 Å². The molecule has 2 heterocycles. The van der Waals surface area contributed by atoms with E-state index in [-0.39, 0.29) is 53.4 Å². The lowest BCUT2D eigenvalue weighted by Crippen LogP contribution is -2.28. The van der Waals surface area contributed by atoms with E-state index in [1.807, 2.05) is 30.3 Å². The van der Waals surface area contributed by atoms with Crippen LogP contribution in [0.2, 0.25) is 0 Å². The van der Waals surface area contributed by atoms with Gasteiger partial charge in [0, 0.05) is 24.7 Å². The van der Waals surface area contributed by atoms with Gasteiger partial charge in [0.1, 0.15) is 24.8 Å². The van der Waals surface area contributed by atoms with E-state index in [0.717, 1.165) is 11.6 Å². The van der Waals surface area contributed by atoms with Crippen LogP contribution in [-0.4, -0.2) is 38.6 Å². The van der Waals surface area contributed by atoms with E-state index >= 15 is 8.78 Å². The third-order valence-electron chi connectivity index (χ3n) is 6.96. The van der Waals surface area contributed by atoms with Crippen molar-refractivity contribution in [1.82, 2.24) is 24.8 Å². The molecule has 44 heavy (non-hydrogen) atoms. The first-order valence-electron chi connectivity index (χ1n) is 13.6. The summed E-state index contributed by atoms with van der Waals surface area (Å²) in [7, 11) is 1.41. The van der Waals surface area contributed by atoms with Crippen LogP contribution in [0.15, 0.2) is 84.9 Å². The number of fused-ring (bicyclic) bond motifs is 2. The molecule has 1 amide bonds. The van der Waals surface area contributed by atoms with Crippen molar-refractivity contribution in [3.05, 3.63) is 119 Å². The van der Waals surface area contributed by atoms with Crippen LogP contribution in [0, 0.1) is 11.6 Å². The molecule has 8 nitrogen and oxygen atoms in total. The first-order valence-corrected chi connectivity index (χ1v) is 13.6. The van der Waals surface area contributed by atoms with Crippen molar-refractivity contribution in [2.24, 2.45) is 7.05 Å². The molecule has 0 aliphatic heterocycles. The normalized spacial score (nSPS) is 11.7. The van der Waals surface area contributed by atoms with Crippen molar-refractivity contribution >= 4 is 28.0 Å². The van der Waals surface area contributed by atoms with E-state index in [2.05, 4.69) is 20.3 Å². The van der Waals surface area contributed by atoms with Crippen molar-refractivity contribution < 1.29 is 31.8 Å². The topological polar surface area (TPSA) is 94.1 Å². The Morgan fingerprint density at radius 1 is 0.932 bits per heavy atom. The van der Waals surface area contributed by atoms with E-state index < -0.39 is 29.3 Å². The van der Waals surface area contributed by atoms with Crippen LogP contribution in [0.4, 0.5) is 17.6 Å². The summed E-state index contributed by atoms with van der Waals surface area (Å²) in [5, 5.41) is 2.70. The number of nitrogens with zero attached hydrogens (tertiary/aromatic N) is 3. The third-order valence-corrected chi connectivity index (χ3v) is 6.96. The number of amides is 1. The standard InChI is InChI=1S/C32H25F4N5O3/c1-41-27-15-20(29(42)37-13-14-43-22-10-8-21(33)9-11-22)7-12-24(27)40-31(41)32(35,36)30-38-25-16-23(34)28(17-26(25)39-30)44-18-19-5-3-2-4-6-19/h2-12,15-17H,13-14,18H2,1H3,(H,37,42)(H,38,39). The number of aryl methyl sites for hydroxylation is 1. The number of benzene rings is 4. The maximum absolute atomic E-state index is 15.8. The van der Waals surface area contributed by atoms with Gasteiger partial charge in [-0.25, -0.2) is 18.7 Å². The Morgan fingerprint density at radius 3 is 2.48 bits per heavy atom. The summed E-state index contributed by atoms with van der Waals surface area (Å²) in [5.74, 6) is -6.22. The van der Waals surface area contributed by atoms with Gasteiger partial charge < -0.3 is 24.3 Å². The monoisotopic (exact) mass is 603 g/mol. The number of halogens is 4. The summed E-state index contributed by atoms with van der Waals surface area (Å²) in [6.07, 6.45) is 0. The predicted molar refractivity (Wildman–Crippen MR) is 155 cm³/mol. The van der Waals surface area contributed by atoms with Gasteiger partial charge in [-0.15, -0.1) is 0 Å². The Morgan fingerprint density at radius 2 is 1.70 bits per heavy atom. The summed E-state index contributed by atoms with van der Waals surface area (Å²) in [6, 6.07) is 21.4. The molecule has 2 N–H and O–H groups in total. The number of imidazole rings is 2. The highest BCUT2D eigenvalue weighted by Gasteiger charge is 2.42. The minimum atomic E-state index is -3.69. The van der Waals surface area contributed by atoms with E-state index in [9.17, 15) is 13.6 Å². The van der Waals surface area contributed by atoms with E-state index in [4.69, 9.17) is 9.47 Å². The second-order valence-electron chi connectivity index (χ2n) is 9.99. The lowest BCUT2D eigenvalue weighted by molar-refractivity contribution is 0.0219. The number of rotatable bonds is 10. The number of ether oxygens (including phenoxy) is 2. The average Bonchev–Trinajstić information content (AvgIpc) is 3.60. The Labute approximate surface area is 248 Å². The maximum atomic E-state index is 15.8. The largest absolute Gasteiger partial charge is 0.492 e. The smallest absolute Gasteiger partial charge is 0.361 e. The van der Waals surface area contributed by atoms with Gasteiger partial charge in [-0.1, -0.05) is 30.3 Å². The Kier molecular flexibility index (Phi) is 7.64. The summed E-state index contributed by atoms with van der Waals surface area (Å²) in [6.45, 7) is 0.401. The average molecular weight is 604 g/mol. The molecule has 0 radical (unpaired) electrons. The number of hydrogen-bond donors (Lipinski definition) is 2. The quantitative estimate of drug-likeness (QED) is 0.143. The molecule has 4 aromatic carbocycles. The number of aromatic nitrogens is 4. The molecule has 0 saturated heterocycles. The molecule has 12 heteroatoms. The van der Waals surface area contributed by atoms with Crippen LogP contribution in [0.1, 0.15) is 27.6 Å². The summed E-state index contributed by atoms with van der Waals surface area (Å²) >= 11 is 0. The number of nitrogens with one attached hydrogen (secondary N) is 2. The van der Waals surface area contributed by atoms with Crippen molar-refractivity contribution in [3.63, 3.8) is 0 Å². The van der Waals surface area contributed by atoms with Crippen LogP contribution >= 0.6 is 0 Å². The fourth-order valence-electron chi connectivity index (χ4n) is 4.69. The summed E-state index contributed by atoms with van der Waals surface area (Å²) in [4.78, 5) is 23.4. The third kappa shape index (κ3) is 5.78. The molecule has 2 aromatic heterocycles. The molecule has 0 atom stereocenters. The highest BCUT2D eigenvalue weighted by atomic mass is 19.3. The maximum Gasteiger partial charge on any atom is 0.361 e. The first-order chi connectivity index (χ1) is 21.2. The Bertz CT molecular complexity index is 1960. The fraction of sp³-hybridized carbons (Fsp3) is 0.156. The van der Waals surface area contributed by atoms with Crippen molar-refractivity contribution in [2.75, 3.05) is 13.2 Å². The summed E-state index contributed by atoms with van der Waals surface area (Å²) < 4.78 is 71.6. The lowest BCUT2D eigenvalue weighted by Gasteiger charge is -2.13. The first kappa shape index (κ1) is 28.7. The predicted octanol–water partition coefficient (Wildman–Crippen LogP) is 6.26. The second-order valence-corrected chi connectivity index (χ2v) is 9.99. The molecule has 0 aliphatic carbocycles. The lowest BCUT2D eigenvalue weighted by atomic mass is 10.2. The molecule has 0 spiro atoms. The van der Waals surface area contributed by atoms with Gasteiger partial charge in [-0.05, 0) is 48.0 Å². The van der Waals surface area contributed by atoms with Crippen molar-refractivity contribution in [1.29, 1.82) is 0 Å². The number of carbonyl (C=O) groups excluding carboxylic acids is 1. The van der Waals surface area contributed by atoms with Gasteiger partial charge in [0.05, 0.1) is 28.6 Å². The number of aromatic amines is 1. The zero-order chi connectivity index (χ0) is 30.8.